The lowest BCUT2D eigenvalue weighted by Gasteiger charge is -2.35. The van der Waals surface area contributed by atoms with E-state index in [1.807, 2.05) is 0 Å². The quantitative estimate of drug-likeness (QED) is 0.757. The summed E-state index contributed by atoms with van der Waals surface area (Å²) in [6, 6.07) is 0.395. The van der Waals surface area contributed by atoms with Crippen molar-refractivity contribution in [1.29, 1.82) is 0 Å². The van der Waals surface area contributed by atoms with Gasteiger partial charge in [0.25, 0.3) is 0 Å². The van der Waals surface area contributed by atoms with E-state index in [-0.39, 0.29) is 12.2 Å². The third kappa shape index (κ3) is 3.05. The van der Waals surface area contributed by atoms with Crippen LogP contribution in [-0.2, 0) is 4.79 Å². The molecule has 0 aromatic carbocycles. The van der Waals surface area contributed by atoms with E-state index in [0.717, 1.165) is 32.1 Å². The van der Waals surface area contributed by atoms with E-state index in [9.17, 15) is 4.79 Å². The highest BCUT2D eigenvalue weighted by molar-refractivity contribution is 5.84. The summed E-state index contributed by atoms with van der Waals surface area (Å²) in [5.74, 6) is 0.932. The van der Waals surface area contributed by atoms with Crippen LogP contribution in [0.2, 0.25) is 0 Å². The van der Waals surface area contributed by atoms with E-state index < -0.39 is 0 Å². The number of carbonyl (C=O) groups excluding carboxylic acids is 1. The van der Waals surface area contributed by atoms with E-state index >= 15 is 0 Å². The second-order valence-electron chi connectivity index (χ2n) is 5.49. The van der Waals surface area contributed by atoms with Crippen LogP contribution in [-0.4, -0.2) is 29.1 Å². The molecule has 106 valence electrons. The van der Waals surface area contributed by atoms with Gasteiger partial charge < -0.3 is 4.90 Å². The van der Waals surface area contributed by atoms with Gasteiger partial charge in [-0.25, -0.2) is 0 Å². The van der Waals surface area contributed by atoms with Crippen LogP contribution in [0.3, 0.4) is 0 Å². The minimum Gasteiger partial charge on any atom is -0.323 e. The number of hydrogen-bond donors (Lipinski definition) is 1. The Bertz CT molecular complexity index is 263. The normalized spacial score (nSPS) is 26.1. The van der Waals surface area contributed by atoms with Crippen molar-refractivity contribution >= 4 is 5.91 Å². The molecule has 1 aliphatic rings. The van der Waals surface area contributed by atoms with Gasteiger partial charge in [-0.2, -0.15) is 0 Å². The highest BCUT2D eigenvalue weighted by Crippen LogP contribution is 2.26. The summed E-state index contributed by atoms with van der Waals surface area (Å²) in [5.41, 5.74) is 0. The molecule has 3 heteroatoms. The van der Waals surface area contributed by atoms with Crippen molar-refractivity contribution in [2.75, 3.05) is 0 Å². The Morgan fingerprint density at radius 2 is 1.83 bits per heavy atom. The van der Waals surface area contributed by atoms with E-state index in [0.29, 0.717) is 17.9 Å². The largest absolute Gasteiger partial charge is 0.323 e. The van der Waals surface area contributed by atoms with Gasteiger partial charge in [0.2, 0.25) is 5.91 Å². The molecule has 1 amide bonds. The van der Waals surface area contributed by atoms with Crippen molar-refractivity contribution in [1.82, 2.24) is 10.2 Å². The van der Waals surface area contributed by atoms with Crippen LogP contribution >= 0.6 is 0 Å². The van der Waals surface area contributed by atoms with E-state index in [1.54, 1.807) is 0 Å². The average molecular weight is 254 g/mol. The van der Waals surface area contributed by atoms with Crippen molar-refractivity contribution in [2.45, 2.75) is 85.0 Å². The molecule has 1 fully saturated rings. The van der Waals surface area contributed by atoms with Crippen LogP contribution < -0.4 is 5.32 Å². The topological polar surface area (TPSA) is 32.3 Å². The summed E-state index contributed by atoms with van der Waals surface area (Å²) in [6.45, 7) is 10.9. The molecule has 0 aromatic rings. The van der Waals surface area contributed by atoms with Gasteiger partial charge in [0.15, 0.2) is 0 Å². The van der Waals surface area contributed by atoms with Gasteiger partial charge in [-0.15, -0.1) is 0 Å². The van der Waals surface area contributed by atoms with Gasteiger partial charge in [-0.3, -0.25) is 10.1 Å². The molecule has 1 aliphatic heterocycles. The minimum atomic E-state index is 0.0402. The molecule has 3 nitrogen and oxygen atoms in total. The first-order valence-corrected chi connectivity index (χ1v) is 7.68. The maximum absolute atomic E-state index is 12.5. The van der Waals surface area contributed by atoms with Crippen molar-refractivity contribution in [3.05, 3.63) is 0 Å². The monoisotopic (exact) mass is 254 g/mol. The number of rotatable bonds is 7. The Balaban J connectivity index is 2.83. The van der Waals surface area contributed by atoms with Gasteiger partial charge in [0.05, 0.1) is 12.2 Å². The third-order valence-electron chi connectivity index (χ3n) is 4.42. The molecule has 1 rings (SSSR count). The molecular weight excluding hydrogens is 224 g/mol. The Morgan fingerprint density at radius 1 is 1.22 bits per heavy atom. The summed E-state index contributed by atoms with van der Waals surface area (Å²) < 4.78 is 0. The van der Waals surface area contributed by atoms with Crippen molar-refractivity contribution < 1.29 is 4.79 Å². The highest BCUT2D eigenvalue weighted by atomic mass is 16.2. The zero-order valence-corrected chi connectivity index (χ0v) is 12.7. The fourth-order valence-electron chi connectivity index (χ4n) is 3.19. The maximum atomic E-state index is 12.5. The molecule has 0 bridgehead atoms. The standard InChI is InChI=1S/C15H30N2O/c1-6-10-14-16-13(9-4)15(18)17(14)11(5)12(7-2)8-3/h11-14,16H,6-10H2,1-5H3. The predicted molar refractivity (Wildman–Crippen MR) is 76.3 cm³/mol. The van der Waals surface area contributed by atoms with Gasteiger partial charge in [0, 0.05) is 6.04 Å². The lowest BCUT2D eigenvalue weighted by Crippen LogP contribution is -2.46. The fourth-order valence-corrected chi connectivity index (χ4v) is 3.19. The number of amides is 1. The molecule has 18 heavy (non-hydrogen) atoms. The van der Waals surface area contributed by atoms with Crippen LogP contribution in [0.4, 0.5) is 0 Å². The molecule has 1 heterocycles. The fraction of sp³-hybridized carbons (Fsp3) is 0.933. The maximum Gasteiger partial charge on any atom is 0.241 e. The number of hydrogen-bond acceptors (Lipinski definition) is 2. The van der Waals surface area contributed by atoms with E-state index in [2.05, 4.69) is 44.8 Å². The molecule has 1 N–H and O–H groups in total. The van der Waals surface area contributed by atoms with Crippen LogP contribution in [0.5, 0.6) is 0 Å². The smallest absolute Gasteiger partial charge is 0.241 e. The zero-order valence-electron chi connectivity index (χ0n) is 12.7. The van der Waals surface area contributed by atoms with E-state index in [1.165, 1.54) is 0 Å². The SMILES string of the molecule is CCCC1NC(CC)C(=O)N1C(C)C(CC)CC. The molecule has 0 spiro atoms. The molecule has 1 saturated heterocycles. The summed E-state index contributed by atoms with van der Waals surface area (Å²) in [5, 5.41) is 3.50. The van der Waals surface area contributed by atoms with Crippen LogP contribution in [0.1, 0.15) is 66.7 Å². The predicted octanol–water partition coefficient (Wildman–Crippen LogP) is 3.15. The summed E-state index contributed by atoms with van der Waals surface area (Å²) in [7, 11) is 0. The Morgan fingerprint density at radius 3 is 2.28 bits per heavy atom. The molecule has 3 unspecified atom stereocenters. The third-order valence-corrected chi connectivity index (χ3v) is 4.42. The summed E-state index contributed by atoms with van der Waals surface area (Å²) >= 11 is 0. The minimum absolute atomic E-state index is 0.0402. The van der Waals surface area contributed by atoms with Gasteiger partial charge in [-0.1, -0.05) is 47.0 Å². The van der Waals surface area contributed by atoms with Crippen LogP contribution in [0, 0.1) is 5.92 Å². The first kappa shape index (κ1) is 15.5. The number of nitrogens with zero attached hydrogens (tertiary/aromatic N) is 1. The van der Waals surface area contributed by atoms with Crippen LogP contribution in [0.25, 0.3) is 0 Å². The van der Waals surface area contributed by atoms with Crippen LogP contribution in [0.15, 0.2) is 0 Å². The van der Waals surface area contributed by atoms with Crippen molar-refractivity contribution in [2.24, 2.45) is 5.92 Å². The molecule has 0 aliphatic carbocycles. The highest BCUT2D eigenvalue weighted by Gasteiger charge is 2.41. The van der Waals surface area contributed by atoms with E-state index in [4.69, 9.17) is 0 Å². The average Bonchev–Trinajstić information content (AvgIpc) is 2.67. The lowest BCUT2D eigenvalue weighted by atomic mass is 9.93. The Hall–Kier alpha value is -0.570. The molecule has 0 aromatic heterocycles. The van der Waals surface area contributed by atoms with Crippen molar-refractivity contribution in [3.63, 3.8) is 0 Å². The number of nitrogens with one attached hydrogen (secondary N) is 1. The van der Waals surface area contributed by atoms with Gasteiger partial charge in [0.1, 0.15) is 0 Å². The van der Waals surface area contributed by atoms with Gasteiger partial charge >= 0.3 is 0 Å². The summed E-state index contributed by atoms with van der Waals surface area (Å²) in [6.07, 6.45) is 5.63. The zero-order chi connectivity index (χ0) is 13.7. The lowest BCUT2D eigenvalue weighted by molar-refractivity contribution is -0.133. The summed E-state index contributed by atoms with van der Waals surface area (Å²) in [4.78, 5) is 14.6. The Kier molecular flexibility index (Phi) is 6.13. The van der Waals surface area contributed by atoms with Crippen molar-refractivity contribution in [3.8, 4) is 0 Å². The molecule has 3 atom stereocenters. The first-order chi connectivity index (χ1) is 8.60. The van der Waals surface area contributed by atoms with Gasteiger partial charge in [-0.05, 0) is 25.7 Å². The molecule has 0 saturated carbocycles. The first-order valence-electron chi connectivity index (χ1n) is 7.68. The second kappa shape index (κ2) is 7.13. The second-order valence-corrected chi connectivity index (χ2v) is 5.49. The number of carbonyl (C=O) groups is 1. The Labute approximate surface area is 112 Å². The molecular formula is C15H30N2O. The molecule has 0 radical (unpaired) electrons.